The van der Waals surface area contributed by atoms with Crippen molar-refractivity contribution in [1.29, 1.82) is 0 Å². The summed E-state index contributed by atoms with van der Waals surface area (Å²) in [7, 11) is 2.04. The Morgan fingerprint density at radius 2 is 2.20 bits per heavy atom. The van der Waals surface area contributed by atoms with Crippen LogP contribution in [0.15, 0.2) is 0 Å². The Labute approximate surface area is 123 Å². The standard InChI is InChI=1S/C17H30N2O/c1-3-17(7-4-8-18-12-17)16(20)19(2)11-15-10-13-5-6-14(15)9-13/h13-15,18H,3-12H2,1-2H3. The number of carbonyl (C=O) groups is 1. The predicted octanol–water partition coefficient (Wildman–Crippen LogP) is 2.66. The van der Waals surface area contributed by atoms with Crippen molar-refractivity contribution >= 4 is 5.91 Å². The van der Waals surface area contributed by atoms with Crippen LogP contribution in [0.4, 0.5) is 0 Å². The fourth-order valence-electron chi connectivity index (χ4n) is 5.04. The van der Waals surface area contributed by atoms with Gasteiger partial charge in [-0.3, -0.25) is 4.79 Å². The summed E-state index contributed by atoms with van der Waals surface area (Å²) in [5.74, 6) is 3.07. The van der Waals surface area contributed by atoms with Gasteiger partial charge < -0.3 is 10.2 Å². The van der Waals surface area contributed by atoms with Crippen molar-refractivity contribution in [3.05, 3.63) is 0 Å². The second-order valence-corrected chi connectivity index (χ2v) is 7.53. The molecule has 3 rings (SSSR count). The summed E-state index contributed by atoms with van der Waals surface area (Å²) in [5.41, 5.74) is -0.120. The van der Waals surface area contributed by atoms with Gasteiger partial charge in [0.05, 0.1) is 5.41 Å². The zero-order chi connectivity index (χ0) is 14.2. The second kappa shape index (κ2) is 5.67. The topological polar surface area (TPSA) is 32.3 Å². The van der Waals surface area contributed by atoms with Gasteiger partial charge >= 0.3 is 0 Å². The predicted molar refractivity (Wildman–Crippen MR) is 81.4 cm³/mol. The largest absolute Gasteiger partial charge is 0.345 e. The van der Waals surface area contributed by atoms with E-state index in [-0.39, 0.29) is 5.41 Å². The molecule has 1 aliphatic heterocycles. The number of rotatable bonds is 4. The van der Waals surface area contributed by atoms with Crippen molar-refractivity contribution in [2.24, 2.45) is 23.2 Å². The first-order valence-corrected chi connectivity index (χ1v) is 8.61. The molecule has 4 atom stereocenters. The molecule has 1 saturated heterocycles. The Balaban J connectivity index is 1.61. The smallest absolute Gasteiger partial charge is 0.229 e. The number of hydrogen-bond donors (Lipinski definition) is 1. The van der Waals surface area contributed by atoms with Gasteiger partial charge in [-0.15, -0.1) is 0 Å². The molecule has 0 aromatic rings. The molecule has 1 amide bonds. The van der Waals surface area contributed by atoms with Crippen LogP contribution in [0, 0.1) is 23.2 Å². The van der Waals surface area contributed by atoms with Gasteiger partial charge in [-0.05, 0) is 62.8 Å². The summed E-state index contributed by atoms with van der Waals surface area (Å²) >= 11 is 0. The molecule has 4 unspecified atom stereocenters. The third-order valence-corrected chi connectivity index (χ3v) is 6.34. The van der Waals surface area contributed by atoms with Gasteiger partial charge in [0.25, 0.3) is 0 Å². The van der Waals surface area contributed by atoms with Gasteiger partial charge in [0, 0.05) is 20.1 Å². The van der Waals surface area contributed by atoms with Gasteiger partial charge in [0.2, 0.25) is 5.91 Å². The second-order valence-electron chi connectivity index (χ2n) is 7.53. The van der Waals surface area contributed by atoms with Crippen LogP contribution in [0.3, 0.4) is 0 Å². The fourth-order valence-corrected chi connectivity index (χ4v) is 5.04. The normalized spacial score (nSPS) is 40.0. The molecular weight excluding hydrogens is 248 g/mol. The first kappa shape index (κ1) is 14.4. The summed E-state index contributed by atoms with van der Waals surface area (Å²) in [6.45, 7) is 5.13. The molecule has 2 saturated carbocycles. The van der Waals surface area contributed by atoms with Crippen LogP contribution in [0.1, 0.15) is 51.9 Å². The van der Waals surface area contributed by atoms with Crippen molar-refractivity contribution in [2.45, 2.75) is 51.9 Å². The quantitative estimate of drug-likeness (QED) is 0.857. The molecule has 3 nitrogen and oxygen atoms in total. The molecule has 0 spiro atoms. The highest BCUT2D eigenvalue weighted by Crippen LogP contribution is 2.48. The van der Waals surface area contributed by atoms with Gasteiger partial charge in [-0.2, -0.15) is 0 Å². The Morgan fingerprint density at radius 3 is 2.75 bits per heavy atom. The molecule has 0 radical (unpaired) electrons. The average molecular weight is 278 g/mol. The minimum atomic E-state index is -0.120. The lowest BCUT2D eigenvalue weighted by atomic mass is 9.76. The fraction of sp³-hybridized carbons (Fsp3) is 0.941. The Morgan fingerprint density at radius 1 is 1.35 bits per heavy atom. The molecular formula is C17H30N2O. The van der Waals surface area contributed by atoms with Crippen molar-refractivity contribution in [3.8, 4) is 0 Å². The summed E-state index contributed by atoms with van der Waals surface area (Å²) in [4.78, 5) is 15.0. The van der Waals surface area contributed by atoms with E-state index >= 15 is 0 Å². The van der Waals surface area contributed by atoms with Gasteiger partial charge in [-0.1, -0.05) is 13.3 Å². The number of nitrogens with zero attached hydrogens (tertiary/aromatic N) is 1. The Kier molecular flexibility index (Phi) is 4.07. The van der Waals surface area contributed by atoms with E-state index in [0.717, 1.165) is 56.7 Å². The maximum Gasteiger partial charge on any atom is 0.229 e. The first-order valence-electron chi connectivity index (χ1n) is 8.61. The highest BCUT2D eigenvalue weighted by molar-refractivity contribution is 5.83. The molecule has 1 N–H and O–H groups in total. The lowest BCUT2D eigenvalue weighted by Crippen LogP contribution is -2.51. The van der Waals surface area contributed by atoms with Crippen molar-refractivity contribution < 1.29 is 4.79 Å². The van der Waals surface area contributed by atoms with Crippen LogP contribution in [-0.2, 0) is 4.79 Å². The highest BCUT2D eigenvalue weighted by atomic mass is 16.2. The average Bonchev–Trinajstić information content (AvgIpc) is 3.09. The summed E-state index contributed by atoms with van der Waals surface area (Å²) in [5, 5.41) is 3.44. The lowest BCUT2D eigenvalue weighted by Gasteiger charge is -2.39. The number of fused-ring (bicyclic) bond motifs is 2. The van der Waals surface area contributed by atoms with Crippen molar-refractivity contribution in [2.75, 3.05) is 26.7 Å². The van der Waals surface area contributed by atoms with Crippen LogP contribution in [0.25, 0.3) is 0 Å². The molecule has 0 aromatic heterocycles. The van der Waals surface area contributed by atoms with E-state index in [2.05, 4.69) is 17.1 Å². The number of nitrogens with one attached hydrogen (secondary N) is 1. The lowest BCUT2D eigenvalue weighted by molar-refractivity contribution is -0.143. The maximum atomic E-state index is 12.9. The molecule has 20 heavy (non-hydrogen) atoms. The molecule has 114 valence electrons. The maximum absolute atomic E-state index is 12.9. The van der Waals surface area contributed by atoms with Gasteiger partial charge in [-0.25, -0.2) is 0 Å². The minimum absolute atomic E-state index is 0.120. The van der Waals surface area contributed by atoms with Crippen molar-refractivity contribution in [1.82, 2.24) is 10.2 Å². The number of carbonyl (C=O) groups excluding carboxylic acids is 1. The highest BCUT2D eigenvalue weighted by Gasteiger charge is 2.43. The molecule has 2 bridgehead atoms. The van der Waals surface area contributed by atoms with Gasteiger partial charge in [0.1, 0.15) is 0 Å². The van der Waals surface area contributed by atoms with Crippen LogP contribution in [0.5, 0.6) is 0 Å². The van der Waals surface area contributed by atoms with Crippen LogP contribution < -0.4 is 5.32 Å². The minimum Gasteiger partial charge on any atom is -0.345 e. The monoisotopic (exact) mass is 278 g/mol. The van der Waals surface area contributed by atoms with E-state index in [1.54, 1.807) is 0 Å². The van der Waals surface area contributed by atoms with Gasteiger partial charge in [0.15, 0.2) is 0 Å². The summed E-state index contributed by atoms with van der Waals surface area (Å²) < 4.78 is 0. The number of amides is 1. The van der Waals surface area contributed by atoms with E-state index in [0.29, 0.717) is 5.91 Å². The molecule has 3 heteroatoms. The first-order chi connectivity index (χ1) is 9.64. The van der Waals surface area contributed by atoms with E-state index in [1.807, 2.05) is 7.05 Å². The van der Waals surface area contributed by atoms with Crippen molar-refractivity contribution in [3.63, 3.8) is 0 Å². The van der Waals surface area contributed by atoms with E-state index in [4.69, 9.17) is 0 Å². The molecule has 2 aliphatic carbocycles. The molecule has 0 aromatic carbocycles. The molecule has 1 heterocycles. The zero-order valence-electron chi connectivity index (χ0n) is 13.2. The van der Waals surface area contributed by atoms with Crippen LogP contribution in [-0.4, -0.2) is 37.5 Å². The van der Waals surface area contributed by atoms with E-state index in [1.165, 1.54) is 25.7 Å². The summed E-state index contributed by atoms with van der Waals surface area (Å²) in [6, 6.07) is 0. The third-order valence-electron chi connectivity index (χ3n) is 6.34. The Hall–Kier alpha value is -0.570. The van der Waals surface area contributed by atoms with E-state index < -0.39 is 0 Å². The van der Waals surface area contributed by atoms with Crippen LogP contribution >= 0.6 is 0 Å². The third kappa shape index (κ3) is 2.49. The SMILES string of the molecule is CCC1(C(=O)N(C)CC2CC3CCC2C3)CCCNC1. The number of piperidine rings is 1. The summed E-state index contributed by atoms with van der Waals surface area (Å²) in [6.07, 6.45) is 8.85. The molecule has 3 fully saturated rings. The zero-order valence-corrected chi connectivity index (χ0v) is 13.2. The number of hydrogen-bond acceptors (Lipinski definition) is 2. The van der Waals surface area contributed by atoms with E-state index in [9.17, 15) is 4.79 Å². The van der Waals surface area contributed by atoms with Crippen LogP contribution in [0.2, 0.25) is 0 Å². The molecule has 3 aliphatic rings. The Bertz CT molecular complexity index is 362.